The second-order valence-electron chi connectivity index (χ2n) is 7.20. The molecule has 3 aromatic carbocycles. The number of anilines is 1. The minimum absolute atomic E-state index is 0.264. The molecule has 0 radical (unpaired) electrons. The Morgan fingerprint density at radius 3 is 2.36 bits per heavy atom. The van der Waals surface area contributed by atoms with Crippen molar-refractivity contribution < 1.29 is 4.79 Å². The van der Waals surface area contributed by atoms with Crippen molar-refractivity contribution in [3.63, 3.8) is 0 Å². The van der Waals surface area contributed by atoms with Crippen LogP contribution in [0.15, 0.2) is 100 Å². The lowest BCUT2D eigenvalue weighted by molar-refractivity contribution is 0.101. The number of benzene rings is 3. The number of halogens is 1. The standard InChI is InChI=1S/C26H22ClN3OS2/c1-2-18-8-12-21(13-9-18)29-25(31)24-23(33-22-14-10-20(27)11-15-22)16-28-26(30-24)32-17-19-6-4-3-5-7-19/h3-16H,2,17H2,1H3,(H,29,31). The quantitative estimate of drug-likeness (QED) is 0.206. The highest BCUT2D eigenvalue weighted by Crippen LogP contribution is 2.32. The molecule has 33 heavy (non-hydrogen) atoms. The number of carbonyl (C=O) groups is 1. The topological polar surface area (TPSA) is 54.9 Å². The highest BCUT2D eigenvalue weighted by atomic mass is 35.5. The normalized spacial score (nSPS) is 10.7. The largest absolute Gasteiger partial charge is 0.321 e. The molecule has 1 N–H and O–H groups in total. The number of nitrogens with one attached hydrogen (secondary N) is 1. The lowest BCUT2D eigenvalue weighted by atomic mass is 10.1. The maximum atomic E-state index is 13.2. The van der Waals surface area contributed by atoms with Crippen molar-refractivity contribution in [1.82, 2.24) is 9.97 Å². The summed E-state index contributed by atoms with van der Waals surface area (Å²) in [6.07, 6.45) is 2.67. The molecule has 0 saturated carbocycles. The van der Waals surface area contributed by atoms with Crippen molar-refractivity contribution in [3.05, 3.63) is 107 Å². The number of aromatic nitrogens is 2. The molecule has 4 rings (SSSR count). The molecule has 0 atom stereocenters. The number of hydrogen-bond acceptors (Lipinski definition) is 5. The second-order valence-corrected chi connectivity index (χ2v) is 9.69. The number of carbonyl (C=O) groups excluding carboxylic acids is 1. The van der Waals surface area contributed by atoms with Crippen LogP contribution >= 0.6 is 35.1 Å². The number of aryl methyl sites for hydroxylation is 1. The molecule has 166 valence electrons. The predicted octanol–water partition coefficient (Wildman–Crippen LogP) is 7.39. The minimum Gasteiger partial charge on any atom is -0.321 e. The maximum Gasteiger partial charge on any atom is 0.275 e. The van der Waals surface area contributed by atoms with Crippen LogP contribution in [-0.2, 0) is 12.2 Å². The Balaban J connectivity index is 1.58. The molecule has 7 heteroatoms. The molecule has 0 saturated heterocycles. The van der Waals surface area contributed by atoms with Crippen LogP contribution in [0.1, 0.15) is 28.5 Å². The fourth-order valence-corrected chi connectivity index (χ4v) is 4.79. The molecule has 1 aromatic heterocycles. The Hall–Kier alpha value is -2.80. The molecule has 1 heterocycles. The molecule has 0 bridgehead atoms. The van der Waals surface area contributed by atoms with Gasteiger partial charge in [-0.2, -0.15) is 0 Å². The van der Waals surface area contributed by atoms with E-state index in [1.165, 1.54) is 34.7 Å². The summed E-state index contributed by atoms with van der Waals surface area (Å²) in [7, 11) is 0. The third-order valence-corrected chi connectivity index (χ3v) is 7.03. The zero-order chi connectivity index (χ0) is 23.0. The van der Waals surface area contributed by atoms with Crippen LogP contribution in [0.3, 0.4) is 0 Å². The first-order valence-electron chi connectivity index (χ1n) is 10.5. The van der Waals surface area contributed by atoms with Gasteiger partial charge in [-0.3, -0.25) is 4.79 Å². The first kappa shape index (κ1) is 23.4. The molecule has 0 aliphatic carbocycles. The molecular weight excluding hydrogens is 470 g/mol. The minimum atomic E-state index is -0.264. The predicted molar refractivity (Wildman–Crippen MR) is 137 cm³/mol. The third kappa shape index (κ3) is 6.60. The molecule has 0 aliphatic heterocycles. The average molecular weight is 492 g/mol. The zero-order valence-electron chi connectivity index (χ0n) is 18.0. The van der Waals surface area contributed by atoms with Gasteiger partial charge in [-0.05, 0) is 53.9 Å². The van der Waals surface area contributed by atoms with E-state index in [-0.39, 0.29) is 5.91 Å². The van der Waals surface area contributed by atoms with Gasteiger partial charge in [-0.25, -0.2) is 9.97 Å². The second kappa shape index (κ2) is 11.4. The fourth-order valence-electron chi connectivity index (χ4n) is 3.03. The van der Waals surface area contributed by atoms with Crippen LogP contribution in [0.25, 0.3) is 0 Å². The monoisotopic (exact) mass is 491 g/mol. The Bertz CT molecular complexity index is 1220. The van der Waals surface area contributed by atoms with Gasteiger partial charge in [0.05, 0.1) is 4.90 Å². The summed E-state index contributed by atoms with van der Waals surface area (Å²) in [6.45, 7) is 2.10. The van der Waals surface area contributed by atoms with Gasteiger partial charge >= 0.3 is 0 Å². The average Bonchev–Trinajstić information content (AvgIpc) is 2.86. The molecule has 0 fully saturated rings. The Kier molecular flexibility index (Phi) is 8.05. The summed E-state index contributed by atoms with van der Waals surface area (Å²) in [5.41, 5.74) is 3.47. The number of amides is 1. The van der Waals surface area contributed by atoms with E-state index in [1.807, 2.05) is 66.7 Å². The number of thioether (sulfide) groups is 1. The van der Waals surface area contributed by atoms with E-state index in [2.05, 4.69) is 34.3 Å². The molecule has 4 nitrogen and oxygen atoms in total. The molecule has 0 spiro atoms. The van der Waals surface area contributed by atoms with Crippen LogP contribution < -0.4 is 5.32 Å². The highest BCUT2D eigenvalue weighted by molar-refractivity contribution is 7.99. The lowest BCUT2D eigenvalue weighted by Gasteiger charge is -2.11. The summed E-state index contributed by atoms with van der Waals surface area (Å²) in [5.74, 6) is 0.462. The third-order valence-electron chi connectivity index (χ3n) is 4.82. The van der Waals surface area contributed by atoms with Crippen LogP contribution in [0.2, 0.25) is 5.02 Å². The van der Waals surface area contributed by atoms with Gasteiger partial charge in [0.15, 0.2) is 5.16 Å². The lowest BCUT2D eigenvalue weighted by Crippen LogP contribution is -2.16. The molecule has 0 unspecified atom stereocenters. The maximum absolute atomic E-state index is 13.2. The van der Waals surface area contributed by atoms with E-state index in [9.17, 15) is 4.79 Å². The van der Waals surface area contributed by atoms with Crippen molar-refractivity contribution in [2.24, 2.45) is 0 Å². The first-order chi connectivity index (χ1) is 16.1. The van der Waals surface area contributed by atoms with Crippen LogP contribution in [0.4, 0.5) is 5.69 Å². The Labute approximate surface area is 207 Å². The van der Waals surface area contributed by atoms with Crippen LogP contribution in [0.5, 0.6) is 0 Å². The van der Waals surface area contributed by atoms with Crippen molar-refractivity contribution in [2.75, 3.05) is 5.32 Å². The molecule has 0 aliphatic rings. The fraction of sp³-hybridized carbons (Fsp3) is 0.115. The van der Waals surface area contributed by atoms with Crippen molar-refractivity contribution in [1.29, 1.82) is 0 Å². The van der Waals surface area contributed by atoms with Crippen molar-refractivity contribution in [3.8, 4) is 0 Å². The van der Waals surface area contributed by atoms with Crippen molar-refractivity contribution in [2.45, 2.75) is 34.0 Å². The Morgan fingerprint density at radius 2 is 1.67 bits per heavy atom. The summed E-state index contributed by atoms with van der Waals surface area (Å²) < 4.78 is 0. The van der Waals surface area contributed by atoms with E-state index < -0.39 is 0 Å². The van der Waals surface area contributed by atoms with E-state index in [0.717, 1.165) is 22.8 Å². The number of rotatable bonds is 8. The molecule has 1 amide bonds. The molecular formula is C26H22ClN3OS2. The van der Waals surface area contributed by atoms with Gasteiger partial charge < -0.3 is 5.32 Å². The SMILES string of the molecule is CCc1ccc(NC(=O)c2nc(SCc3ccccc3)ncc2Sc2ccc(Cl)cc2)cc1. The zero-order valence-corrected chi connectivity index (χ0v) is 20.4. The first-order valence-corrected chi connectivity index (χ1v) is 12.7. The smallest absolute Gasteiger partial charge is 0.275 e. The van der Waals surface area contributed by atoms with Gasteiger partial charge in [-0.15, -0.1) is 0 Å². The highest BCUT2D eigenvalue weighted by Gasteiger charge is 2.17. The summed E-state index contributed by atoms with van der Waals surface area (Å²) in [5, 5.41) is 4.20. The van der Waals surface area contributed by atoms with E-state index in [4.69, 9.17) is 11.6 Å². The van der Waals surface area contributed by atoms with Crippen LogP contribution in [0, 0.1) is 0 Å². The summed E-state index contributed by atoms with van der Waals surface area (Å²) in [6, 6.07) is 25.4. The number of nitrogens with zero attached hydrogens (tertiary/aromatic N) is 2. The van der Waals surface area contributed by atoms with Gasteiger partial charge in [0, 0.05) is 27.6 Å². The molecule has 4 aromatic rings. The van der Waals surface area contributed by atoms with Gasteiger partial charge in [0.25, 0.3) is 5.91 Å². The summed E-state index contributed by atoms with van der Waals surface area (Å²) >= 11 is 8.96. The van der Waals surface area contributed by atoms with E-state index in [1.54, 1.807) is 6.20 Å². The van der Waals surface area contributed by atoms with Crippen molar-refractivity contribution >= 4 is 46.7 Å². The van der Waals surface area contributed by atoms with Gasteiger partial charge in [0.1, 0.15) is 5.69 Å². The van der Waals surface area contributed by atoms with Gasteiger partial charge in [-0.1, -0.05) is 84.5 Å². The van der Waals surface area contributed by atoms with E-state index >= 15 is 0 Å². The van der Waals surface area contributed by atoms with Crippen LogP contribution in [-0.4, -0.2) is 15.9 Å². The van der Waals surface area contributed by atoms with Gasteiger partial charge in [0.2, 0.25) is 0 Å². The van der Waals surface area contributed by atoms with E-state index in [0.29, 0.717) is 20.8 Å². The number of hydrogen-bond donors (Lipinski definition) is 1. The summed E-state index contributed by atoms with van der Waals surface area (Å²) in [4.78, 5) is 24.0. The Morgan fingerprint density at radius 1 is 0.939 bits per heavy atom.